The highest BCUT2D eigenvalue weighted by molar-refractivity contribution is 6.23. The lowest BCUT2D eigenvalue weighted by Crippen LogP contribution is -1.88. The zero-order chi connectivity index (χ0) is 21.1. The van der Waals surface area contributed by atoms with Crippen LogP contribution in [-0.4, -0.2) is 9.55 Å². The number of aryl methyl sites for hydroxylation is 1. The van der Waals surface area contributed by atoms with Crippen LogP contribution in [0.1, 0.15) is 28.7 Å². The number of hydrogen-bond acceptors (Lipinski definition) is 0. The summed E-state index contributed by atoms with van der Waals surface area (Å²) in [6.07, 6.45) is 0. The normalized spacial score (nSPS) is 11.0. The van der Waals surface area contributed by atoms with Crippen LogP contribution in [0.5, 0.6) is 0 Å². The van der Waals surface area contributed by atoms with Gasteiger partial charge in [0.1, 0.15) is 0 Å². The number of nitrogens with zero attached hydrogens (tertiary/aromatic N) is 1. The van der Waals surface area contributed by atoms with Gasteiger partial charge in [0, 0.05) is 45.0 Å². The van der Waals surface area contributed by atoms with E-state index >= 15 is 0 Å². The Labute approximate surface area is 195 Å². The first-order chi connectivity index (χ1) is 15.3. The monoisotopic (exact) mass is 432 g/mol. The molecule has 0 radical (unpaired) electrons. The highest BCUT2D eigenvalue weighted by atomic mass is 14.9. The molecular weight excluding hydrogens is 400 g/mol. The van der Waals surface area contributed by atoms with Gasteiger partial charge in [0.2, 0.25) is 0 Å². The number of para-hydroxylation sites is 1. The predicted molar refractivity (Wildman–Crippen MR) is 150 cm³/mol. The van der Waals surface area contributed by atoms with Gasteiger partial charge in [-0.3, -0.25) is 0 Å². The maximum atomic E-state index is 3.59. The van der Waals surface area contributed by atoms with Crippen molar-refractivity contribution in [3.63, 3.8) is 0 Å². The Morgan fingerprint density at radius 3 is 2.03 bits per heavy atom. The number of H-pyrrole nitrogens is 1. The summed E-state index contributed by atoms with van der Waals surface area (Å²) in [6.45, 7) is 4.00. The van der Waals surface area contributed by atoms with Gasteiger partial charge in [-0.15, -0.1) is 0 Å². The van der Waals surface area contributed by atoms with Gasteiger partial charge in [0.15, 0.2) is 0 Å². The molecule has 7 aromatic rings. The van der Waals surface area contributed by atoms with Crippen molar-refractivity contribution >= 4 is 65.2 Å². The highest BCUT2D eigenvalue weighted by Gasteiger charge is 2.14. The van der Waals surface area contributed by atoms with Gasteiger partial charge in [-0.25, -0.2) is 0 Å². The van der Waals surface area contributed by atoms with E-state index < -0.39 is 0 Å². The lowest BCUT2D eigenvalue weighted by atomic mass is 10.0. The van der Waals surface area contributed by atoms with E-state index in [0.29, 0.717) is 0 Å². The molecule has 166 valence electrons. The van der Waals surface area contributed by atoms with Crippen molar-refractivity contribution < 1.29 is 0 Å². The average Bonchev–Trinajstić information content (AvgIpc) is 3.32. The summed E-state index contributed by atoms with van der Waals surface area (Å²) >= 11 is 0. The van der Waals surface area contributed by atoms with Crippen LogP contribution >= 0.6 is 0 Å². The lowest BCUT2D eigenvalue weighted by Gasteiger charge is -2.06. The summed E-state index contributed by atoms with van der Waals surface area (Å²) in [5, 5.41) is 10.4. The molecule has 0 atom stereocenters. The molecule has 2 aromatic heterocycles. The Balaban J connectivity index is 0.000000632. The van der Waals surface area contributed by atoms with Crippen molar-refractivity contribution in [2.24, 2.45) is 7.05 Å². The third-order valence-electron chi connectivity index (χ3n) is 6.47. The zero-order valence-electron chi connectivity index (χ0n) is 18.0. The van der Waals surface area contributed by atoms with Crippen molar-refractivity contribution in [1.82, 2.24) is 9.55 Å². The quantitative estimate of drug-likeness (QED) is 0.230. The topological polar surface area (TPSA) is 20.7 Å². The third-order valence-corrected chi connectivity index (χ3v) is 6.47. The molecule has 2 heteroatoms. The van der Waals surface area contributed by atoms with Crippen molar-refractivity contribution in [2.45, 2.75) is 28.7 Å². The molecule has 0 saturated heterocycles. The van der Waals surface area contributed by atoms with Crippen LogP contribution in [0.3, 0.4) is 0 Å². The molecule has 7 rings (SSSR count). The van der Waals surface area contributed by atoms with E-state index in [2.05, 4.69) is 102 Å². The van der Waals surface area contributed by atoms with E-state index in [4.69, 9.17) is 0 Å². The van der Waals surface area contributed by atoms with Gasteiger partial charge in [-0.2, -0.15) is 0 Å². The molecule has 0 amide bonds. The number of fused-ring (bicyclic) bond motifs is 9. The minimum Gasteiger partial charge on any atom is -0.354 e. The number of nitrogens with one attached hydrogen (secondary N) is 1. The van der Waals surface area contributed by atoms with E-state index in [1.54, 1.807) is 0 Å². The SMILES string of the molecule is C.C.CC.Cn1c2cc3[nH]c4ccccc4c3cc2c2ccc3cc4ccccc4cc3c21. The van der Waals surface area contributed by atoms with Crippen molar-refractivity contribution in [1.29, 1.82) is 0 Å². The Morgan fingerprint density at radius 1 is 0.545 bits per heavy atom. The maximum Gasteiger partial charge on any atom is 0.0568 e. The van der Waals surface area contributed by atoms with Crippen LogP contribution in [0.15, 0.2) is 84.9 Å². The first-order valence-electron chi connectivity index (χ1n) is 11.0. The van der Waals surface area contributed by atoms with Crippen LogP contribution in [0.25, 0.3) is 65.2 Å². The smallest absolute Gasteiger partial charge is 0.0568 e. The first-order valence-corrected chi connectivity index (χ1v) is 11.0. The van der Waals surface area contributed by atoms with Crippen molar-refractivity contribution in [3.8, 4) is 0 Å². The Kier molecular flexibility index (Phi) is 5.63. The number of benzene rings is 5. The Bertz CT molecular complexity index is 1760. The number of rotatable bonds is 0. The maximum absolute atomic E-state index is 3.59. The standard InChI is InChI=1S/C27H18N2.C2H6.2CH4/c1-29-26-15-25-22(19-8-4-5-9-24(19)28-25)14-23(26)20-11-10-18-12-16-6-2-3-7-17(16)13-21(18)27(20)29;1-2;;/h2-15,28H,1H3;1-2H3;2*1H4. The lowest BCUT2D eigenvalue weighted by molar-refractivity contribution is 1.02. The van der Waals surface area contributed by atoms with Crippen LogP contribution < -0.4 is 0 Å². The second kappa shape index (κ2) is 8.29. The molecular formula is C31H32N2. The molecule has 0 aliphatic heterocycles. The van der Waals surface area contributed by atoms with Crippen LogP contribution in [-0.2, 0) is 7.05 Å². The zero-order valence-corrected chi connectivity index (χ0v) is 18.0. The molecule has 0 saturated carbocycles. The summed E-state index contributed by atoms with van der Waals surface area (Å²) < 4.78 is 2.35. The summed E-state index contributed by atoms with van der Waals surface area (Å²) in [5.41, 5.74) is 4.96. The Hall–Kier alpha value is -3.78. The molecule has 33 heavy (non-hydrogen) atoms. The predicted octanol–water partition coefficient (Wildman–Crippen LogP) is 9.57. The second-order valence-electron chi connectivity index (χ2n) is 8.03. The minimum absolute atomic E-state index is 0. The van der Waals surface area contributed by atoms with E-state index in [9.17, 15) is 0 Å². The fourth-order valence-corrected chi connectivity index (χ4v) is 5.08. The third kappa shape index (κ3) is 3.09. The van der Waals surface area contributed by atoms with Crippen LogP contribution in [0, 0.1) is 0 Å². The molecule has 0 aliphatic rings. The van der Waals surface area contributed by atoms with Gasteiger partial charge in [0.05, 0.1) is 11.0 Å². The van der Waals surface area contributed by atoms with E-state index in [1.807, 2.05) is 13.8 Å². The van der Waals surface area contributed by atoms with E-state index in [1.165, 1.54) is 65.2 Å². The largest absolute Gasteiger partial charge is 0.354 e. The van der Waals surface area contributed by atoms with Gasteiger partial charge in [-0.1, -0.05) is 83.3 Å². The average molecular weight is 433 g/mol. The molecule has 1 N–H and O–H groups in total. The number of aromatic amines is 1. The summed E-state index contributed by atoms with van der Waals surface area (Å²) in [5.74, 6) is 0. The molecule has 2 heterocycles. The Morgan fingerprint density at radius 2 is 1.24 bits per heavy atom. The molecule has 2 nitrogen and oxygen atoms in total. The van der Waals surface area contributed by atoms with Gasteiger partial charge >= 0.3 is 0 Å². The van der Waals surface area contributed by atoms with Crippen molar-refractivity contribution in [2.75, 3.05) is 0 Å². The van der Waals surface area contributed by atoms with Crippen LogP contribution in [0.2, 0.25) is 0 Å². The summed E-state index contributed by atoms with van der Waals surface area (Å²) in [7, 11) is 2.19. The first kappa shape index (κ1) is 22.4. The molecule has 0 spiro atoms. The summed E-state index contributed by atoms with van der Waals surface area (Å²) in [6, 6.07) is 31.0. The molecule has 0 fully saturated rings. The van der Waals surface area contributed by atoms with Crippen molar-refractivity contribution in [3.05, 3.63) is 84.9 Å². The van der Waals surface area contributed by atoms with Gasteiger partial charge < -0.3 is 9.55 Å². The van der Waals surface area contributed by atoms with Gasteiger partial charge in [-0.05, 0) is 46.5 Å². The molecule has 0 aliphatic carbocycles. The minimum atomic E-state index is 0. The molecule has 0 unspecified atom stereocenters. The molecule has 5 aromatic carbocycles. The van der Waals surface area contributed by atoms with E-state index in [0.717, 1.165) is 0 Å². The number of aromatic nitrogens is 2. The van der Waals surface area contributed by atoms with Gasteiger partial charge in [0.25, 0.3) is 0 Å². The fourth-order valence-electron chi connectivity index (χ4n) is 5.08. The highest BCUT2D eigenvalue weighted by Crippen LogP contribution is 2.38. The molecule has 0 bridgehead atoms. The number of hydrogen-bond donors (Lipinski definition) is 1. The van der Waals surface area contributed by atoms with E-state index in [-0.39, 0.29) is 14.9 Å². The summed E-state index contributed by atoms with van der Waals surface area (Å²) in [4.78, 5) is 3.59. The van der Waals surface area contributed by atoms with Crippen LogP contribution in [0.4, 0.5) is 0 Å². The fraction of sp³-hybridized carbons (Fsp3) is 0.161. The second-order valence-corrected chi connectivity index (χ2v) is 8.03.